The van der Waals surface area contributed by atoms with Crippen molar-refractivity contribution in [2.75, 3.05) is 0 Å². The number of nitrogens with two attached hydrogens (primary N) is 1. The smallest absolute Gasteiger partial charge is 0.137 e. The maximum Gasteiger partial charge on any atom is 0.137 e. The SMILES string of the molecule is NC(NC(/C=C/c1ccccc1)c1cccc(-c2ccccc2)c1)n1c2ccccc2c2ccc3c(c21)C(c1ccccc1)(c1ccccc1)c1ccccc1-3. The molecule has 1 aliphatic carbocycles. The molecule has 2 atom stereocenters. The van der Waals surface area contributed by atoms with Crippen LogP contribution in [0.1, 0.15) is 45.7 Å². The molecular weight excluding hydrogens is 679 g/mol. The lowest BCUT2D eigenvalue weighted by Crippen LogP contribution is -2.37. The quantitative estimate of drug-likeness (QED) is 0.146. The highest BCUT2D eigenvalue weighted by Gasteiger charge is 2.48. The van der Waals surface area contributed by atoms with Gasteiger partial charge in [0, 0.05) is 16.3 Å². The molecule has 0 amide bonds. The Balaban J connectivity index is 1.22. The lowest BCUT2D eigenvalue weighted by molar-refractivity contribution is 0.408. The van der Waals surface area contributed by atoms with Gasteiger partial charge in [-0.25, -0.2) is 0 Å². The molecular formula is C53H41N3. The van der Waals surface area contributed by atoms with Crippen molar-refractivity contribution in [3.05, 3.63) is 246 Å². The monoisotopic (exact) mass is 719 g/mol. The third kappa shape index (κ3) is 5.52. The van der Waals surface area contributed by atoms with E-state index in [1.165, 1.54) is 55.3 Å². The molecule has 9 aromatic rings. The Kier molecular flexibility index (Phi) is 8.52. The summed E-state index contributed by atoms with van der Waals surface area (Å²) < 4.78 is 2.36. The molecule has 1 aromatic heterocycles. The molecule has 0 fully saturated rings. The van der Waals surface area contributed by atoms with Gasteiger partial charge in [-0.15, -0.1) is 0 Å². The summed E-state index contributed by atoms with van der Waals surface area (Å²) in [6.45, 7) is 0. The molecule has 0 saturated carbocycles. The van der Waals surface area contributed by atoms with Crippen LogP contribution in [0.5, 0.6) is 0 Å². The lowest BCUT2D eigenvalue weighted by Gasteiger charge is -2.35. The van der Waals surface area contributed by atoms with Crippen LogP contribution in [0.3, 0.4) is 0 Å². The second-order valence-corrected chi connectivity index (χ2v) is 14.6. The fourth-order valence-corrected chi connectivity index (χ4v) is 9.14. The topological polar surface area (TPSA) is 43.0 Å². The van der Waals surface area contributed by atoms with E-state index in [2.05, 4.69) is 228 Å². The standard InChI is InChI=1S/C53H41N3/c54-52(55-48(35-32-37-18-5-1-6-19-37)40-23-17-22-39(36-40)38-20-7-2-8-21-38)56-49-31-16-14-29-44(49)46-34-33-45-43-28-13-15-30-47(43)53(50(45)51(46)56,41-24-9-3-10-25-41)42-26-11-4-12-27-42/h1-36,48,52,55H,54H2/b35-32+. The summed E-state index contributed by atoms with van der Waals surface area (Å²) in [4.78, 5) is 0. The highest BCUT2D eigenvalue weighted by Crippen LogP contribution is 2.58. The zero-order valence-corrected chi connectivity index (χ0v) is 31.0. The first kappa shape index (κ1) is 33.8. The first-order valence-corrected chi connectivity index (χ1v) is 19.4. The second kappa shape index (κ2) is 14.1. The predicted octanol–water partition coefficient (Wildman–Crippen LogP) is 12.3. The Hall–Kier alpha value is -6.78. The van der Waals surface area contributed by atoms with Crippen LogP contribution in [0.15, 0.2) is 212 Å². The van der Waals surface area contributed by atoms with Gasteiger partial charge in [-0.1, -0.05) is 206 Å². The molecule has 3 nitrogen and oxygen atoms in total. The van der Waals surface area contributed by atoms with Crippen molar-refractivity contribution < 1.29 is 0 Å². The molecule has 10 rings (SSSR count). The molecule has 0 radical (unpaired) electrons. The normalized spacial score (nSPS) is 14.2. The van der Waals surface area contributed by atoms with Crippen molar-refractivity contribution >= 4 is 27.9 Å². The molecule has 1 aliphatic rings. The van der Waals surface area contributed by atoms with E-state index in [9.17, 15) is 0 Å². The largest absolute Gasteiger partial charge is 0.311 e. The Labute approximate surface area is 328 Å². The van der Waals surface area contributed by atoms with E-state index in [0.29, 0.717) is 0 Å². The van der Waals surface area contributed by atoms with Crippen LogP contribution in [0.25, 0.3) is 50.1 Å². The van der Waals surface area contributed by atoms with Gasteiger partial charge in [0.05, 0.1) is 22.5 Å². The van der Waals surface area contributed by atoms with Gasteiger partial charge in [0.15, 0.2) is 0 Å². The van der Waals surface area contributed by atoms with Gasteiger partial charge in [-0.05, 0) is 62.2 Å². The molecule has 0 spiro atoms. The van der Waals surface area contributed by atoms with Gasteiger partial charge in [0.1, 0.15) is 6.29 Å². The number of rotatable bonds is 9. The lowest BCUT2D eigenvalue weighted by atomic mass is 9.67. The molecule has 1 heterocycles. The van der Waals surface area contributed by atoms with E-state index in [1.807, 2.05) is 0 Å². The van der Waals surface area contributed by atoms with Crippen molar-refractivity contribution in [2.45, 2.75) is 17.7 Å². The van der Waals surface area contributed by atoms with Crippen LogP contribution in [0.2, 0.25) is 0 Å². The van der Waals surface area contributed by atoms with E-state index < -0.39 is 11.7 Å². The molecule has 3 N–H and O–H groups in total. The van der Waals surface area contributed by atoms with E-state index in [4.69, 9.17) is 5.73 Å². The number of fused-ring (bicyclic) bond motifs is 7. The number of hydrogen-bond donors (Lipinski definition) is 2. The average Bonchev–Trinajstić information content (AvgIpc) is 3.77. The van der Waals surface area contributed by atoms with E-state index >= 15 is 0 Å². The van der Waals surface area contributed by atoms with Crippen molar-refractivity contribution in [3.8, 4) is 22.3 Å². The first-order chi connectivity index (χ1) is 27.7. The summed E-state index contributed by atoms with van der Waals surface area (Å²) in [5.41, 5.74) is 21.3. The summed E-state index contributed by atoms with van der Waals surface area (Å²) in [6, 6.07) is 73.9. The summed E-state index contributed by atoms with van der Waals surface area (Å²) in [7, 11) is 0. The number of hydrogen-bond acceptors (Lipinski definition) is 2. The maximum absolute atomic E-state index is 7.61. The molecule has 0 bridgehead atoms. The molecule has 3 heteroatoms. The summed E-state index contributed by atoms with van der Waals surface area (Å²) in [5, 5.41) is 6.30. The minimum absolute atomic E-state index is 0.202. The average molecular weight is 720 g/mol. The van der Waals surface area contributed by atoms with Crippen LogP contribution < -0.4 is 11.1 Å². The highest BCUT2D eigenvalue weighted by molar-refractivity contribution is 6.13. The van der Waals surface area contributed by atoms with Crippen molar-refractivity contribution in [2.24, 2.45) is 5.73 Å². The number of nitrogens with one attached hydrogen (secondary N) is 1. The third-order valence-corrected chi connectivity index (χ3v) is 11.5. The van der Waals surface area contributed by atoms with Crippen LogP contribution in [-0.4, -0.2) is 4.57 Å². The van der Waals surface area contributed by atoms with E-state index in [0.717, 1.165) is 22.2 Å². The molecule has 0 aliphatic heterocycles. The maximum atomic E-state index is 7.61. The number of nitrogens with zero attached hydrogens (tertiary/aromatic N) is 1. The van der Waals surface area contributed by atoms with Crippen LogP contribution in [-0.2, 0) is 5.41 Å². The summed E-state index contributed by atoms with van der Waals surface area (Å²) in [6.07, 6.45) is 3.84. The van der Waals surface area contributed by atoms with Crippen molar-refractivity contribution in [1.29, 1.82) is 0 Å². The summed E-state index contributed by atoms with van der Waals surface area (Å²) in [5.74, 6) is 0. The fourth-order valence-electron chi connectivity index (χ4n) is 9.14. The van der Waals surface area contributed by atoms with Crippen LogP contribution >= 0.6 is 0 Å². The third-order valence-electron chi connectivity index (χ3n) is 11.5. The molecule has 0 saturated heterocycles. The Bertz CT molecular complexity index is 2800. The molecule has 2 unspecified atom stereocenters. The zero-order chi connectivity index (χ0) is 37.5. The number of para-hydroxylation sites is 1. The number of aromatic nitrogens is 1. The van der Waals surface area contributed by atoms with Gasteiger partial charge in [-0.3, -0.25) is 11.1 Å². The predicted molar refractivity (Wildman–Crippen MR) is 233 cm³/mol. The van der Waals surface area contributed by atoms with Gasteiger partial charge < -0.3 is 4.57 Å². The minimum Gasteiger partial charge on any atom is -0.311 e. The molecule has 8 aromatic carbocycles. The van der Waals surface area contributed by atoms with Gasteiger partial charge in [0.25, 0.3) is 0 Å². The zero-order valence-electron chi connectivity index (χ0n) is 31.0. The summed E-state index contributed by atoms with van der Waals surface area (Å²) >= 11 is 0. The van der Waals surface area contributed by atoms with Crippen molar-refractivity contribution in [3.63, 3.8) is 0 Å². The van der Waals surface area contributed by atoms with Crippen molar-refractivity contribution in [1.82, 2.24) is 9.88 Å². The first-order valence-electron chi connectivity index (χ1n) is 19.4. The van der Waals surface area contributed by atoms with Crippen LogP contribution in [0.4, 0.5) is 0 Å². The van der Waals surface area contributed by atoms with Gasteiger partial charge >= 0.3 is 0 Å². The van der Waals surface area contributed by atoms with Crippen LogP contribution in [0, 0.1) is 0 Å². The minimum atomic E-state index is -0.595. The Morgan fingerprint density at radius 1 is 0.518 bits per heavy atom. The van der Waals surface area contributed by atoms with Gasteiger partial charge in [-0.2, -0.15) is 0 Å². The van der Waals surface area contributed by atoms with E-state index in [1.54, 1.807) is 0 Å². The Morgan fingerprint density at radius 3 is 1.86 bits per heavy atom. The highest BCUT2D eigenvalue weighted by atomic mass is 15.3. The molecule has 268 valence electrons. The van der Waals surface area contributed by atoms with Gasteiger partial charge in [0.2, 0.25) is 0 Å². The second-order valence-electron chi connectivity index (χ2n) is 14.6. The molecule has 56 heavy (non-hydrogen) atoms. The van der Waals surface area contributed by atoms with E-state index in [-0.39, 0.29) is 6.04 Å². The Morgan fingerprint density at radius 2 is 1.12 bits per heavy atom. The number of benzene rings is 8. The fraction of sp³-hybridized carbons (Fsp3) is 0.0566.